The molecule has 3 rings (SSSR count). The van der Waals surface area contributed by atoms with Crippen molar-refractivity contribution in [1.82, 2.24) is 20.1 Å². The first-order chi connectivity index (χ1) is 9.86. The van der Waals surface area contributed by atoms with Gasteiger partial charge in [-0.15, -0.1) is 0 Å². The molecular weight excluding hydrogens is 248 g/mol. The van der Waals surface area contributed by atoms with E-state index in [1.54, 1.807) is 10.9 Å². The molecule has 2 aromatic heterocycles. The maximum absolute atomic E-state index is 4.16. The molecule has 0 bridgehead atoms. The molecule has 0 spiro atoms. The van der Waals surface area contributed by atoms with Crippen LogP contribution in [0.3, 0.4) is 0 Å². The third kappa shape index (κ3) is 2.65. The SMILES string of the molecule is C=Cn1cc(CNCCc2c[nH]c3ccccc23)cn1. The lowest BCUT2D eigenvalue weighted by Gasteiger charge is -2.02. The van der Waals surface area contributed by atoms with E-state index in [2.05, 4.69) is 52.4 Å². The molecule has 0 saturated carbocycles. The Hall–Kier alpha value is -2.33. The number of aromatic nitrogens is 3. The maximum Gasteiger partial charge on any atom is 0.0538 e. The van der Waals surface area contributed by atoms with Crippen molar-refractivity contribution in [1.29, 1.82) is 0 Å². The molecule has 4 heteroatoms. The standard InChI is InChI=1S/C16H18N4/c1-2-20-12-13(10-19-20)9-17-8-7-14-11-18-16-6-4-3-5-15(14)16/h2-6,10-12,17-18H,1,7-9H2. The Morgan fingerprint density at radius 2 is 2.25 bits per heavy atom. The van der Waals surface area contributed by atoms with Gasteiger partial charge in [0, 0.05) is 41.6 Å². The van der Waals surface area contributed by atoms with Crippen LogP contribution in [0, 0.1) is 0 Å². The van der Waals surface area contributed by atoms with Crippen LogP contribution in [0.15, 0.2) is 49.4 Å². The van der Waals surface area contributed by atoms with E-state index in [1.165, 1.54) is 22.0 Å². The van der Waals surface area contributed by atoms with Crippen molar-refractivity contribution in [3.8, 4) is 0 Å². The Bertz CT molecular complexity index is 708. The molecule has 2 heterocycles. The normalized spacial score (nSPS) is 11.0. The summed E-state index contributed by atoms with van der Waals surface area (Å²) in [6.45, 7) is 5.46. The smallest absolute Gasteiger partial charge is 0.0538 e. The Morgan fingerprint density at radius 1 is 1.35 bits per heavy atom. The Morgan fingerprint density at radius 3 is 3.10 bits per heavy atom. The first-order valence-electron chi connectivity index (χ1n) is 6.78. The van der Waals surface area contributed by atoms with Crippen molar-refractivity contribution in [2.75, 3.05) is 6.54 Å². The van der Waals surface area contributed by atoms with Gasteiger partial charge in [-0.05, 0) is 24.6 Å². The topological polar surface area (TPSA) is 45.6 Å². The number of hydrogen-bond acceptors (Lipinski definition) is 2. The fraction of sp³-hybridized carbons (Fsp3) is 0.188. The average Bonchev–Trinajstić information content (AvgIpc) is 3.10. The highest BCUT2D eigenvalue weighted by atomic mass is 15.2. The maximum atomic E-state index is 4.16. The summed E-state index contributed by atoms with van der Waals surface area (Å²) in [4.78, 5) is 3.31. The quantitative estimate of drug-likeness (QED) is 0.674. The summed E-state index contributed by atoms with van der Waals surface area (Å²) < 4.78 is 1.72. The summed E-state index contributed by atoms with van der Waals surface area (Å²) in [7, 11) is 0. The van der Waals surface area contributed by atoms with Crippen molar-refractivity contribution in [2.45, 2.75) is 13.0 Å². The van der Waals surface area contributed by atoms with Crippen LogP contribution in [-0.2, 0) is 13.0 Å². The minimum absolute atomic E-state index is 0.830. The Labute approximate surface area is 118 Å². The van der Waals surface area contributed by atoms with Gasteiger partial charge in [0.1, 0.15) is 0 Å². The van der Waals surface area contributed by atoms with Crippen LogP contribution < -0.4 is 5.32 Å². The lowest BCUT2D eigenvalue weighted by Crippen LogP contribution is -2.16. The van der Waals surface area contributed by atoms with Gasteiger partial charge in [-0.3, -0.25) is 0 Å². The van der Waals surface area contributed by atoms with E-state index in [-0.39, 0.29) is 0 Å². The van der Waals surface area contributed by atoms with E-state index in [0.717, 1.165) is 19.5 Å². The minimum Gasteiger partial charge on any atom is -0.361 e. The summed E-state index contributed by atoms with van der Waals surface area (Å²) in [5.74, 6) is 0. The lowest BCUT2D eigenvalue weighted by atomic mass is 10.1. The van der Waals surface area contributed by atoms with E-state index in [1.807, 2.05) is 12.4 Å². The number of H-pyrrole nitrogens is 1. The molecule has 0 aliphatic carbocycles. The fourth-order valence-corrected chi connectivity index (χ4v) is 2.36. The first kappa shape index (κ1) is 12.7. The monoisotopic (exact) mass is 266 g/mol. The third-order valence-electron chi connectivity index (χ3n) is 3.42. The molecule has 0 aliphatic rings. The van der Waals surface area contributed by atoms with E-state index >= 15 is 0 Å². The number of benzene rings is 1. The molecule has 4 nitrogen and oxygen atoms in total. The summed E-state index contributed by atoms with van der Waals surface area (Å²) in [5.41, 5.74) is 3.73. The zero-order valence-electron chi connectivity index (χ0n) is 11.3. The van der Waals surface area contributed by atoms with Crippen LogP contribution in [0.4, 0.5) is 0 Å². The predicted octanol–water partition coefficient (Wildman–Crippen LogP) is 2.80. The molecule has 0 amide bonds. The molecule has 3 aromatic rings. The number of hydrogen-bond donors (Lipinski definition) is 2. The molecule has 0 radical (unpaired) electrons. The van der Waals surface area contributed by atoms with E-state index in [4.69, 9.17) is 0 Å². The first-order valence-corrected chi connectivity index (χ1v) is 6.78. The molecule has 0 unspecified atom stereocenters. The molecule has 0 fully saturated rings. The second-order valence-corrected chi connectivity index (χ2v) is 4.80. The van der Waals surface area contributed by atoms with Crippen molar-refractivity contribution >= 4 is 17.1 Å². The molecule has 1 aromatic carbocycles. The second-order valence-electron chi connectivity index (χ2n) is 4.80. The zero-order chi connectivity index (χ0) is 13.8. The van der Waals surface area contributed by atoms with Gasteiger partial charge < -0.3 is 10.3 Å². The van der Waals surface area contributed by atoms with Gasteiger partial charge in [-0.2, -0.15) is 5.10 Å². The zero-order valence-corrected chi connectivity index (χ0v) is 11.3. The Balaban J connectivity index is 1.53. The molecule has 0 aliphatic heterocycles. The molecular formula is C16H18N4. The van der Waals surface area contributed by atoms with Crippen molar-refractivity contribution in [3.05, 3.63) is 60.6 Å². The van der Waals surface area contributed by atoms with Crippen LogP contribution in [0.2, 0.25) is 0 Å². The number of aromatic amines is 1. The largest absolute Gasteiger partial charge is 0.361 e. The summed E-state index contributed by atoms with van der Waals surface area (Å²) in [6.07, 6.45) is 8.64. The van der Waals surface area contributed by atoms with E-state index in [0.29, 0.717) is 0 Å². The van der Waals surface area contributed by atoms with Gasteiger partial charge in [-0.1, -0.05) is 24.8 Å². The number of nitrogens with one attached hydrogen (secondary N) is 2. The third-order valence-corrected chi connectivity index (χ3v) is 3.42. The van der Waals surface area contributed by atoms with Crippen molar-refractivity contribution in [3.63, 3.8) is 0 Å². The highest BCUT2D eigenvalue weighted by Crippen LogP contribution is 2.17. The highest BCUT2D eigenvalue weighted by molar-refractivity contribution is 5.83. The fourth-order valence-electron chi connectivity index (χ4n) is 2.36. The van der Waals surface area contributed by atoms with E-state index in [9.17, 15) is 0 Å². The van der Waals surface area contributed by atoms with Gasteiger partial charge in [0.2, 0.25) is 0 Å². The summed E-state index contributed by atoms with van der Waals surface area (Å²) in [6, 6.07) is 8.40. The molecule has 0 atom stereocenters. The number of rotatable bonds is 6. The second kappa shape index (κ2) is 5.75. The lowest BCUT2D eigenvalue weighted by molar-refractivity contribution is 0.688. The molecule has 0 saturated heterocycles. The highest BCUT2D eigenvalue weighted by Gasteiger charge is 2.02. The molecule has 2 N–H and O–H groups in total. The predicted molar refractivity (Wildman–Crippen MR) is 82.3 cm³/mol. The van der Waals surface area contributed by atoms with Gasteiger partial charge in [0.05, 0.1) is 6.20 Å². The average molecular weight is 266 g/mol. The van der Waals surface area contributed by atoms with E-state index < -0.39 is 0 Å². The minimum atomic E-state index is 0.830. The molecule has 20 heavy (non-hydrogen) atoms. The van der Waals surface area contributed by atoms with Crippen LogP contribution in [0.5, 0.6) is 0 Å². The van der Waals surface area contributed by atoms with Gasteiger partial charge in [-0.25, -0.2) is 4.68 Å². The van der Waals surface area contributed by atoms with Gasteiger partial charge in [0.15, 0.2) is 0 Å². The van der Waals surface area contributed by atoms with Crippen LogP contribution in [0.25, 0.3) is 17.1 Å². The van der Waals surface area contributed by atoms with Gasteiger partial charge in [0.25, 0.3) is 0 Å². The number of nitrogens with zero attached hydrogens (tertiary/aromatic N) is 2. The summed E-state index contributed by atoms with van der Waals surface area (Å²) >= 11 is 0. The van der Waals surface area contributed by atoms with Crippen LogP contribution in [-0.4, -0.2) is 21.3 Å². The Kier molecular flexibility index (Phi) is 3.65. The summed E-state index contributed by atoms with van der Waals surface area (Å²) in [5, 5.41) is 8.91. The van der Waals surface area contributed by atoms with Crippen LogP contribution >= 0.6 is 0 Å². The van der Waals surface area contributed by atoms with Gasteiger partial charge >= 0.3 is 0 Å². The number of para-hydroxylation sites is 1. The molecule has 102 valence electrons. The number of fused-ring (bicyclic) bond motifs is 1. The van der Waals surface area contributed by atoms with Crippen molar-refractivity contribution in [2.24, 2.45) is 0 Å². The van der Waals surface area contributed by atoms with Crippen molar-refractivity contribution < 1.29 is 0 Å². The van der Waals surface area contributed by atoms with Crippen LogP contribution in [0.1, 0.15) is 11.1 Å².